The lowest BCUT2D eigenvalue weighted by molar-refractivity contribution is 0.0656. The van der Waals surface area contributed by atoms with Gasteiger partial charge in [-0.25, -0.2) is 13.2 Å². The highest BCUT2D eigenvalue weighted by molar-refractivity contribution is 7.89. The van der Waals surface area contributed by atoms with Crippen molar-refractivity contribution in [1.82, 2.24) is 9.21 Å². The Balaban J connectivity index is 1.77. The fraction of sp³-hybridized carbons (Fsp3) is 0.300. The van der Waals surface area contributed by atoms with Crippen LogP contribution in [0.1, 0.15) is 20.7 Å². The standard InChI is InChI=1S/C20H22N2O7S/c1-28-14-7-8-18(17(13-14)29-2)30(26,27)22-11-9-21(10-12-22)19(23)15-5-3-4-6-16(15)20(24)25/h3-8,13H,9-12H2,1-2H3,(H,24,25). The van der Waals surface area contributed by atoms with E-state index in [-0.39, 0.29) is 48.0 Å². The SMILES string of the molecule is COc1ccc(S(=O)(=O)N2CCN(C(=O)c3ccccc3C(=O)O)CC2)c(OC)c1. The Morgan fingerprint density at radius 2 is 1.57 bits per heavy atom. The lowest BCUT2D eigenvalue weighted by Gasteiger charge is -2.34. The second-order valence-electron chi connectivity index (χ2n) is 6.56. The first-order valence-electron chi connectivity index (χ1n) is 9.13. The van der Waals surface area contributed by atoms with Crippen molar-refractivity contribution in [1.29, 1.82) is 0 Å². The van der Waals surface area contributed by atoms with Gasteiger partial charge in [0.2, 0.25) is 10.0 Å². The molecule has 0 aliphatic carbocycles. The van der Waals surface area contributed by atoms with Crippen molar-refractivity contribution in [3.8, 4) is 11.5 Å². The monoisotopic (exact) mass is 434 g/mol. The Kier molecular flexibility index (Phi) is 6.28. The number of carbonyl (C=O) groups is 2. The second kappa shape index (κ2) is 8.72. The molecule has 3 rings (SSSR count). The molecule has 2 aromatic rings. The molecule has 0 unspecified atom stereocenters. The van der Waals surface area contributed by atoms with Crippen LogP contribution < -0.4 is 9.47 Å². The van der Waals surface area contributed by atoms with Gasteiger partial charge in [0.25, 0.3) is 5.91 Å². The zero-order valence-corrected chi connectivity index (χ0v) is 17.4. The van der Waals surface area contributed by atoms with E-state index >= 15 is 0 Å². The molecule has 0 saturated carbocycles. The van der Waals surface area contributed by atoms with Crippen LogP contribution in [0.3, 0.4) is 0 Å². The summed E-state index contributed by atoms with van der Waals surface area (Å²) in [6.07, 6.45) is 0. The first kappa shape index (κ1) is 21.6. The molecule has 0 spiro atoms. The number of ether oxygens (including phenoxy) is 2. The molecule has 160 valence electrons. The highest BCUT2D eigenvalue weighted by Crippen LogP contribution is 2.31. The fourth-order valence-corrected chi connectivity index (χ4v) is 4.84. The van der Waals surface area contributed by atoms with Crippen LogP contribution in [0.5, 0.6) is 11.5 Å². The minimum absolute atomic E-state index is 0.0156. The van der Waals surface area contributed by atoms with E-state index in [2.05, 4.69) is 0 Å². The van der Waals surface area contributed by atoms with Crippen molar-refractivity contribution >= 4 is 21.9 Å². The summed E-state index contributed by atoms with van der Waals surface area (Å²) in [5.41, 5.74) is -0.00125. The number of carbonyl (C=O) groups excluding carboxylic acids is 1. The largest absolute Gasteiger partial charge is 0.497 e. The minimum atomic E-state index is -3.84. The summed E-state index contributed by atoms with van der Waals surface area (Å²) in [4.78, 5) is 25.6. The van der Waals surface area contributed by atoms with Crippen LogP contribution in [0.2, 0.25) is 0 Å². The number of methoxy groups -OCH3 is 2. The minimum Gasteiger partial charge on any atom is -0.497 e. The zero-order valence-electron chi connectivity index (χ0n) is 16.6. The summed E-state index contributed by atoms with van der Waals surface area (Å²) in [6.45, 7) is 0.450. The van der Waals surface area contributed by atoms with Gasteiger partial charge in [-0.15, -0.1) is 0 Å². The van der Waals surface area contributed by atoms with E-state index in [4.69, 9.17) is 9.47 Å². The Labute approximate surface area is 174 Å². The molecule has 1 aliphatic heterocycles. The molecular weight excluding hydrogens is 412 g/mol. The zero-order chi connectivity index (χ0) is 21.9. The Hall–Kier alpha value is -3.11. The van der Waals surface area contributed by atoms with Gasteiger partial charge in [-0.3, -0.25) is 4.79 Å². The molecule has 1 amide bonds. The van der Waals surface area contributed by atoms with Gasteiger partial charge in [0, 0.05) is 32.2 Å². The number of nitrogens with zero attached hydrogens (tertiary/aromatic N) is 2. The van der Waals surface area contributed by atoms with E-state index in [1.807, 2.05) is 0 Å². The van der Waals surface area contributed by atoms with Crippen LogP contribution in [-0.4, -0.2) is 75.0 Å². The van der Waals surface area contributed by atoms with Gasteiger partial charge in [0.1, 0.15) is 16.4 Å². The average Bonchev–Trinajstić information content (AvgIpc) is 2.78. The topological polar surface area (TPSA) is 113 Å². The molecule has 1 N–H and O–H groups in total. The molecule has 30 heavy (non-hydrogen) atoms. The molecule has 1 aliphatic rings. The second-order valence-corrected chi connectivity index (χ2v) is 8.47. The molecule has 1 saturated heterocycles. The van der Waals surface area contributed by atoms with Gasteiger partial charge in [-0.2, -0.15) is 4.31 Å². The highest BCUT2D eigenvalue weighted by Gasteiger charge is 2.33. The van der Waals surface area contributed by atoms with E-state index < -0.39 is 21.9 Å². The van der Waals surface area contributed by atoms with E-state index in [9.17, 15) is 23.1 Å². The van der Waals surface area contributed by atoms with Gasteiger partial charge in [-0.05, 0) is 24.3 Å². The number of rotatable bonds is 6. The third-order valence-electron chi connectivity index (χ3n) is 4.90. The maximum absolute atomic E-state index is 13.1. The molecule has 1 heterocycles. The first-order chi connectivity index (χ1) is 14.3. The molecule has 10 heteroatoms. The quantitative estimate of drug-likeness (QED) is 0.734. The summed E-state index contributed by atoms with van der Waals surface area (Å²) >= 11 is 0. The molecular formula is C20H22N2O7S. The lowest BCUT2D eigenvalue weighted by Crippen LogP contribution is -2.50. The number of sulfonamides is 1. The van der Waals surface area contributed by atoms with Crippen molar-refractivity contribution in [3.05, 3.63) is 53.6 Å². The van der Waals surface area contributed by atoms with Crippen molar-refractivity contribution in [2.75, 3.05) is 40.4 Å². The molecule has 0 radical (unpaired) electrons. The number of amides is 1. The molecule has 2 aromatic carbocycles. The third kappa shape index (κ3) is 4.10. The number of benzene rings is 2. The molecule has 0 bridgehead atoms. The van der Waals surface area contributed by atoms with E-state index in [1.54, 1.807) is 12.1 Å². The van der Waals surface area contributed by atoms with Crippen molar-refractivity contribution in [2.45, 2.75) is 4.90 Å². The maximum Gasteiger partial charge on any atom is 0.336 e. The van der Waals surface area contributed by atoms with Crippen molar-refractivity contribution < 1.29 is 32.6 Å². The number of aromatic carboxylic acids is 1. The van der Waals surface area contributed by atoms with Crippen molar-refractivity contribution in [2.24, 2.45) is 0 Å². The summed E-state index contributed by atoms with van der Waals surface area (Å²) < 4.78 is 37.8. The Morgan fingerprint density at radius 1 is 0.933 bits per heavy atom. The number of hydrogen-bond donors (Lipinski definition) is 1. The van der Waals surface area contributed by atoms with Gasteiger partial charge in [0.15, 0.2) is 0 Å². The predicted molar refractivity (Wildman–Crippen MR) is 108 cm³/mol. The van der Waals surface area contributed by atoms with E-state index in [1.165, 1.54) is 53.8 Å². The maximum atomic E-state index is 13.1. The normalized spacial score (nSPS) is 14.9. The van der Waals surface area contributed by atoms with Gasteiger partial charge < -0.3 is 19.5 Å². The van der Waals surface area contributed by atoms with Gasteiger partial charge >= 0.3 is 5.97 Å². The predicted octanol–water partition coefficient (Wildman–Crippen LogP) is 1.55. The number of piperazine rings is 1. The summed E-state index contributed by atoms with van der Waals surface area (Å²) in [5, 5.41) is 9.30. The molecule has 9 nitrogen and oxygen atoms in total. The van der Waals surface area contributed by atoms with Crippen LogP contribution in [0, 0.1) is 0 Å². The molecule has 1 fully saturated rings. The summed E-state index contributed by atoms with van der Waals surface area (Å²) in [6, 6.07) is 10.4. The Morgan fingerprint density at radius 3 is 2.13 bits per heavy atom. The van der Waals surface area contributed by atoms with E-state index in [0.29, 0.717) is 5.75 Å². The Bertz CT molecular complexity index is 1060. The number of carboxylic acid groups (broad SMARTS) is 1. The molecule has 0 aromatic heterocycles. The number of carboxylic acids is 1. The smallest absolute Gasteiger partial charge is 0.336 e. The first-order valence-corrected chi connectivity index (χ1v) is 10.6. The average molecular weight is 434 g/mol. The lowest BCUT2D eigenvalue weighted by atomic mass is 10.1. The summed E-state index contributed by atoms with van der Waals surface area (Å²) in [5.74, 6) is -0.986. The van der Waals surface area contributed by atoms with Crippen LogP contribution in [-0.2, 0) is 10.0 Å². The van der Waals surface area contributed by atoms with Crippen LogP contribution in [0.15, 0.2) is 47.4 Å². The van der Waals surface area contributed by atoms with Crippen LogP contribution in [0.4, 0.5) is 0 Å². The van der Waals surface area contributed by atoms with Gasteiger partial charge in [-0.1, -0.05) is 12.1 Å². The third-order valence-corrected chi connectivity index (χ3v) is 6.84. The number of hydrogen-bond acceptors (Lipinski definition) is 6. The van der Waals surface area contributed by atoms with Crippen LogP contribution in [0.25, 0.3) is 0 Å². The molecule has 0 atom stereocenters. The fourth-order valence-electron chi connectivity index (χ4n) is 3.29. The van der Waals surface area contributed by atoms with Gasteiger partial charge in [0.05, 0.1) is 25.3 Å². The van der Waals surface area contributed by atoms with E-state index in [0.717, 1.165) is 0 Å². The highest BCUT2D eigenvalue weighted by atomic mass is 32.2. The summed E-state index contributed by atoms with van der Waals surface area (Å²) in [7, 11) is -0.991. The van der Waals surface area contributed by atoms with Crippen molar-refractivity contribution in [3.63, 3.8) is 0 Å². The van der Waals surface area contributed by atoms with Crippen LogP contribution >= 0.6 is 0 Å².